The lowest BCUT2D eigenvalue weighted by molar-refractivity contribution is 0.468. The summed E-state index contributed by atoms with van der Waals surface area (Å²) in [6, 6.07) is 2.10. The second kappa shape index (κ2) is 5.27. The molecule has 0 radical (unpaired) electrons. The van der Waals surface area contributed by atoms with Crippen LogP contribution in [0.1, 0.15) is 53.2 Å². The van der Waals surface area contributed by atoms with Crippen LogP contribution in [0, 0.1) is 16.7 Å². The van der Waals surface area contributed by atoms with Gasteiger partial charge in [-0.25, -0.2) is 4.39 Å². The Hall–Kier alpha value is -1.96. The SMILES string of the molecule is CC=CCC1CC=C(F)C2=C1c1nccc3c1=C(C(C)(C)C=3)C2(C)C. The molecule has 25 heavy (non-hydrogen) atoms. The van der Waals surface area contributed by atoms with Gasteiger partial charge in [-0.2, -0.15) is 0 Å². The Morgan fingerprint density at radius 1 is 1.28 bits per heavy atom. The second-order valence-corrected chi connectivity index (χ2v) is 8.57. The predicted molar refractivity (Wildman–Crippen MR) is 103 cm³/mol. The summed E-state index contributed by atoms with van der Waals surface area (Å²) in [5, 5.41) is 2.51. The van der Waals surface area contributed by atoms with Gasteiger partial charge >= 0.3 is 0 Å². The van der Waals surface area contributed by atoms with Gasteiger partial charge in [0.1, 0.15) is 5.83 Å². The van der Waals surface area contributed by atoms with Crippen LogP contribution in [0.15, 0.2) is 41.9 Å². The molecular weight excluding hydrogens is 309 g/mol. The van der Waals surface area contributed by atoms with Crippen LogP contribution in [0.5, 0.6) is 0 Å². The first-order valence-corrected chi connectivity index (χ1v) is 9.24. The van der Waals surface area contributed by atoms with E-state index < -0.39 is 0 Å². The molecule has 1 atom stereocenters. The van der Waals surface area contributed by atoms with Crippen molar-refractivity contribution in [3.05, 3.63) is 58.0 Å². The van der Waals surface area contributed by atoms with E-state index in [1.807, 2.05) is 13.1 Å². The minimum absolute atomic E-state index is 0.0511. The van der Waals surface area contributed by atoms with E-state index in [-0.39, 0.29) is 16.7 Å². The molecule has 0 spiro atoms. The summed E-state index contributed by atoms with van der Waals surface area (Å²) in [7, 11) is 0. The molecule has 0 saturated carbocycles. The van der Waals surface area contributed by atoms with Crippen LogP contribution in [0.4, 0.5) is 4.39 Å². The van der Waals surface area contributed by atoms with Crippen LogP contribution in [0.25, 0.3) is 17.2 Å². The number of aromatic nitrogens is 1. The van der Waals surface area contributed by atoms with E-state index in [9.17, 15) is 0 Å². The molecule has 0 N–H and O–H groups in total. The smallest absolute Gasteiger partial charge is 0.123 e. The van der Waals surface area contributed by atoms with Crippen molar-refractivity contribution in [3.63, 3.8) is 0 Å². The van der Waals surface area contributed by atoms with Crippen molar-refractivity contribution >= 4 is 17.2 Å². The van der Waals surface area contributed by atoms with Gasteiger partial charge in [-0.3, -0.25) is 4.98 Å². The van der Waals surface area contributed by atoms with Crippen molar-refractivity contribution in [2.24, 2.45) is 16.7 Å². The second-order valence-electron chi connectivity index (χ2n) is 8.57. The summed E-state index contributed by atoms with van der Waals surface area (Å²) in [5.74, 6) is 0.249. The minimum atomic E-state index is -0.328. The average molecular weight is 335 g/mol. The van der Waals surface area contributed by atoms with Gasteiger partial charge < -0.3 is 0 Å². The summed E-state index contributed by atoms with van der Waals surface area (Å²) in [6.07, 6.45) is 12.0. The van der Waals surface area contributed by atoms with Crippen molar-refractivity contribution < 1.29 is 4.39 Å². The van der Waals surface area contributed by atoms with E-state index >= 15 is 4.39 Å². The van der Waals surface area contributed by atoms with Crippen molar-refractivity contribution in [1.82, 2.24) is 4.98 Å². The highest BCUT2D eigenvalue weighted by Gasteiger charge is 2.47. The molecule has 0 amide bonds. The van der Waals surface area contributed by atoms with E-state index in [4.69, 9.17) is 4.98 Å². The molecule has 1 aromatic heterocycles. The van der Waals surface area contributed by atoms with Crippen LogP contribution in [0.2, 0.25) is 0 Å². The van der Waals surface area contributed by atoms with Gasteiger partial charge in [0, 0.05) is 27.8 Å². The number of allylic oxidation sites excluding steroid dienone is 6. The zero-order valence-electron chi connectivity index (χ0n) is 15.8. The third-order valence-electron chi connectivity index (χ3n) is 6.05. The van der Waals surface area contributed by atoms with Crippen molar-refractivity contribution in [3.8, 4) is 0 Å². The molecular formula is C23H26FN. The minimum Gasteiger partial charge on any atom is -0.256 e. The van der Waals surface area contributed by atoms with Crippen LogP contribution in [0.3, 0.4) is 0 Å². The number of pyridine rings is 1. The fourth-order valence-corrected chi connectivity index (χ4v) is 5.35. The monoisotopic (exact) mass is 335 g/mol. The van der Waals surface area contributed by atoms with E-state index in [1.54, 1.807) is 6.08 Å². The maximum Gasteiger partial charge on any atom is 0.123 e. The van der Waals surface area contributed by atoms with Crippen molar-refractivity contribution in [1.29, 1.82) is 0 Å². The van der Waals surface area contributed by atoms with E-state index in [0.717, 1.165) is 29.7 Å². The molecule has 3 aliphatic carbocycles. The third kappa shape index (κ3) is 2.16. The van der Waals surface area contributed by atoms with Gasteiger partial charge in [0.25, 0.3) is 0 Å². The molecule has 0 fully saturated rings. The molecule has 0 aliphatic heterocycles. The Morgan fingerprint density at radius 2 is 2.04 bits per heavy atom. The Labute approximate surface area is 149 Å². The molecule has 3 aliphatic rings. The summed E-state index contributed by atoms with van der Waals surface area (Å²) < 4.78 is 15.1. The van der Waals surface area contributed by atoms with Crippen LogP contribution in [-0.4, -0.2) is 4.98 Å². The molecule has 4 rings (SSSR count). The fourth-order valence-electron chi connectivity index (χ4n) is 5.35. The normalized spacial score (nSPS) is 25.6. The Morgan fingerprint density at radius 3 is 2.76 bits per heavy atom. The number of hydrogen-bond donors (Lipinski definition) is 0. The molecule has 1 nitrogen and oxygen atoms in total. The first-order chi connectivity index (χ1) is 11.8. The van der Waals surface area contributed by atoms with Gasteiger partial charge in [0.05, 0.1) is 5.69 Å². The summed E-state index contributed by atoms with van der Waals surface area (Å²) >= 11 is 0. The fraction of sp³-hybridized carbons (Fsp3) is 0.435. The van der Waals surface area contributed by atoms with Crippen LogP contribution >= 0.6 is 0 Å². The standard InChI is InChI=1S/C23H26FN/c1-6-7-8-14-9-10-16(24)19-17(14)20-18-15(11-12-25-20)13-22(2,3)21(18)23(19,4)5/h6-7,10-14H,8-9H2,1-5H3. The van der Waals surface area contributed by atoms with E-state index in [1.165, 1.54) is 16.0 Å². The highest BCUT2D eigenvalue weighted by molar-refractivity contribution is 5.88. The quantitative estimate of drug-likeness (QED) is 0.715. The Balaban J connectivity index is 2.10. The maximum atomic E-state index is 15.1. The first-order valence-electron chi connectivity index (χ1n) is 9.24. The molecule has 1 heterocycles. The largest absolute Gasteiger partial charge is 0.256 e. The number of halogens is 1. The van der Waals surface area contributed by atoms with Gasteiger partial charge in [0.15, 0.2) is 0 Å². The molecule has 130 valence electrons. The lowest BCUT2D eigenvalue weighted by Crippen LogP contribution is -2.41. The van der Waals surface area contributed by atoms with Crippen LogP contribution < -0.4 is 10.4 Å². The lowest BCUT2D eigenvalue weighted by Gasteiger charge is -2.43. The van der Waals surface area contributed by atoms with Crippen LogP contribution in [-0.2, 0) is 0 Å². The summed E-state index contributed by atoms with van der Waals surface area (Å²) in [5.41, 5.74) is 3.91. The average Bonchev–Trinajstić information content (AvgIpc) is 2.82. The molecule has 1 aromatic rings. The van der Waals surface area contributed by atoms with E-state index in [2.05, 4.69) is 52.0 Å². The Bertz CT molecular complexity index is 968. The molecule has 1 unspecified atom stereocenters. The van der Waals surface area contributed by atoms with Gasteiger partial charge in [-0.1, -0.05) is 45.9 Å². The zero-order valence-corrected chi connectivity index (χ0v) is 15.8. The zero-order chi connectivity index (χ0) is 18.0. The number of hydrogen-bond acceptors (Lipinski definition) is 1. The van der Waals surface area contributed by atoms with Gasteiger partial charge in [-0.15, -0.1) is 0 Å². The lowest BCUT2D eigenvalue weighted by atomic mass is 9.61. The number of rotatable bonds is 2. The third-order valence-corrected chi connectivity index (χ3v) is 6.05. The molecule has 0 bridgehead atoms. The Kier molecular flexibility index (Phi) is 3.48. The molecule has 2 heteroatoms. The van der Waals surface area contributed by atoms with Crippen molar-refractivity contribution in [2.45, 2.75) is 47.5 Å². The van der Waals surface area contributed by atoms with Gasteiger partial charge in [0.2, 0.25) is 0 Å². The number of nitrogens with zero attached hydrogens (tertiary/aromatic N) is 1. The summed E-state index contributed by atoms with van der Waals surface area (Å²) in [4.78, 5) is 4.76. The number of fused-ring (bicyclic) bond motifs is 1. The predicted octanol–water partition coefficient (Wildman–Crippen LogP) is 4.69. The topological polar surface area (TPSA) is 12.9 Å². The van der Waals surface area contributed by atoms with Gasteiger partial charge in [-0.05, 0) is 54.2 Å². The molecule has 0 aromatic carbocycles. The highest BCUT2D eigenvalue weighted by atomic mass is 19.1. The highest BCUT2D eigenvalue weighted by Crippen LogP contribution is 2.56. The van der Waals surface area contributed by atoms with E-state index in [0.29, 0.717) is 5.92 Å². The maximum absolute atomic E-state index is 15.1. The van der Waals surface area contributed by atoms with Crippen molar-refractivity contribution in [2.75, 3.05) is 0 Å². The summed E-state index contributed by atoms with van der Waals surface area (Å²) in [6.45, 7) is 10.9. The first kappa shape index (κ1) is 16.5. The molecule has 0 saturated heterocycles.